The van der Waals surface area contributed by atoms with Gasteiger partial charge in [0.25, 0.3) is 0 Å². The minimum absolute atomic E-state index is 0.00226. The molecule has 1 N–H and O–H groups in total. The maximum Gasteiger partial charge on any atom is 0.201 e. The standard InChI is InChI=1S/C19H28O4/c1-2-3-5-9-15-10-8-12-17(21)14-16(20)11-6-4-7-13-18(22)19(15)23/h15-16,20H,2-3,5,7-14H2,1H3. The van der Waals surface area contributed by atoms with Gasteiger partial charge in [0.15, 0.2) is 5.78 Å². The largest absolute Gasteiger partial charge is 0.392 e. The molecule has 23 heavy (non-hydrogen) atoms. The van der Waals surface area contributed by atoms with E-state index in [-0.39, 0.29) is 42.5 Å². The Morgan fingerprint density at radius 3 is 2.65 bits per heavy atom. The number of hydrogen-bond acceptors (Lipinski definition) is 4. The molecule has 0 spiro atoms. The number of hydrogen-bond donors (Lipinski definition) is 1. The molecule has 1 aliphatic carbocycles. The van der Waals surface area contributed by atoms with Gasteiger partial charge in [0.1, 0.15) is 5.78 Å². The van der Waals surface area contributed by atoms with E-state index in [4.69, 9.17) is 0 Å². The maximum absolute atomic E-state index is 12.3. The van der Waals surface area contributed by atoms with Gasteiger partial charge in [-0.3, -0.25) is 14.4 Å². The predicted molar refractivity (Wildman–Crippen MR) is 88.8 cm³/mol. The second-order valence-electron chi connectivity index (χ2n) is 6.33. The SMILES string of the molecule is CCCCCC1CCCC(=O)CC(O)CC#CCCC(=O)C1=O. The summed E-state index contributed by atoms with van der Waals surface area (Å²) in [4.78, 5) is 36.2. The van der Waals surface area contributed by atoms with Gasteiger partial charge in [-0.05, 0) is 19.3 Å². The molecule has 0 heterocycles. The van der Waals surface area contributed by atoms with Crippen LogP contribution in [0.1, 0.15) is 77.6 Å². The smallest absolute Gasteiger partial charge is 0.201 e. The van der Waals surface area contributed by atoms with Crippen LogP contribution in [0.15, 0.2) is 0 Å². The minimum atomic E-state index is -0.726. The van der Waals surface area contributed by atoms with Crippen molar-refractivity contribution < 1.29 is 19.5 Å². The van der Waals surface area contributed by atoms with Gasteiger partial charge in [-0.2, -0.15) is 0 Å². The highest BCUT2D eigenvalue weighted by molar-refractivity contribution is 6.37. The van der Waals surface area contributed by atoms with Crippen LogP contribution in [-0.2, 0) is 14.4 Å². The summed E-state index contributed by atoms with van der Waals surface area (Å²) in [5, 5.41) is 9.73. The normalized spacial score (nSPS) is 24.7. The van der Waals surface area contributed by atoms with Crippen molar-refractivity contribution in [1.82, 2.24) is 0 Å². The monoisotopic (exact) mass is 320 g/mol. The van der Waals surface area contributed by atoms with E-state index in [0.717, 1.165) is 25.7 Å². The van der Waals surface area contributed by atoms with Crippen molar-refractivity contribution in [3.05, 3.63) is 0 Å². The Morgan fingerprint density at radius 2 is 1.91 bits per heavy atom. The lowest BCUT2D eigenvalue weighted by molar-refractivity contribution is -0.139. The van der Waals surface area contributed by atoms with Gasteiger partial charge in [0.2, 0.25) is 5.78 Å². The molecule has 1 aliphatic rings. The Bertz CT molecular complexity index is 469. The molecule has 4 nitrogen and oxygen atoms in total. The molecule has 0 aromatic carbocycles. The Kier molecular flexibility index (Phi) is 9.47. The second-order valence-corrected chi connectivity index (χ2v) is 6.33. The number of unbranched alkanes of at least 4 members (excludes halogenated alkanes) is 2. The number of rotatable bonds is 4. The van der Waals surface area contributed by atoms with Crippen molar-refractivity contribution in [3.63, 3.8) is 0 Å². The molecule has 4 heteroatoms. The van der Waals surface area contributed by atoms with Crippen LogP contribution in [0.5, 0.6) is 0 Å². The minimum Gasteiger partial charge on any atom is -0.392 e. The molecular weight excluding hydrogens is 292 g/mol. The third kappa shape index (κ3) is 8.08. The average Bonchev–Trinajstić information content (AvgIpc) is 2.51. The topological polar surface area (TPSA) is 71.4 Å². The number of Topliss-reactive ketones (excluding diaryl/α,β-unsaturated/α-hetero) is 3. The summed E-state index contributed by atoms with van der Waals surface area (Å²) in [6.07, 6.45) is 5.47. The van der Waals surface area contributed by atoms with Crippen LogP contribution in [0.2, 0.25) is 0 Å². The van der Waals surface area contributed by atoms with Crippen LogP contribution in [0.4, 0.5) is 0 Å². The lowest BCUT2D eigenvalue weighted by Gasteiger charge is -2.15. The quantitative estimate of drug-likeness (QED) is 0.491. The van der Waals surface area contributed by atoms with E-state index < -0.39 is 6.10 Å². The van der Waals surface area contributed by atoms with Gasteiger partial charge in [-0.25, -0.2) is 0 Å². The average molecular weight is 320 g/mol. The lowest BCUT2D eigenvalue weighted by atomic mass is 9.88. The number of aliphatic hydroxyl groups excluding tert-OH is 1. The molecule has 0 radical (unpaired) electrons. The molecule has 2 unspecified atom stereocenters. The summed E-state index contributed by atoms with van der Waals surface area (Å²) < 4.78 is 0. The van der Waals surface area contributed by atoms with Crippen LogP contribution in [0, 0.1) is 17.8 Å². The van der Waals surface area contributed by atoms with Crippen molar-refractivity contribution in [2.45, 2.75) is 83.7 Å². The van der Waals surface area contributed by atoms with Crippen molar-refractivity contribution in [1.29, 1.82) is 0 Å². The van der Waals surface area contributed by atoms with E-state index >= 15 is 0 Å². The fourth-order valence-corrected chi connectivity index (χ4v) is 2.84. The van der Waals surface area contributed by atoms with Crippen molar-refractivity contribution in [2.75, 3.05) is 0 Å². The number of carbonyl (C=O) groups excluding carboxylic acids is 3. The fourth-order valence-electron chi connectivity index (χ4n) is 2.84. The van der Waals surface area contributed by atoms with E-state index in [1.807, 2.05) is 0 Å². The highest BCUT2D eigenvalue weighted by atomic mass is 16.3. The summed E-state index contributed by atoms with van der Waals surface area (Å²) in [7, 11) is 0. The molecule has 1 rings (SSSR count). The molecule has 0 fully saturated rings. The summed E-state index contributed by atoms with van der Waals surface area (Å²) >= 11 is 0. The second kappa shape index (κ2) is 11.1. The van der Waals surface area contributed by atoms with E-state index in [9.17, 15) is 19.5 Å². The molecule has 0 saturated carbocycles. The highest BCUT2D eigenvalue weighted by Crippen LogP contribution is 2.20. The molecule has 0 saturated heterocycles. The number of aliphatic hydroxyl groups is 1. The summed E-state index contributed by atoms with van der Waals surface area (Å²) in [6.45, 7) is 2.10. The van der Waals surface area contributed by atoms with Crippen LogP contribution in [0.25, 0.3) is 0 Å². The van der Waals surface area contributed by atoms with E-state index in [1.165, 1.54) is 0 Å². The summed E-state index contributed by atoms with van der Waals surface area (Å²) in [5.41, 5.74) is 0. The molecule has 0 bridgehead atoms. The summed E-state index contributed by atoms with van der Waals surface area (Å²) in [6, 6.07) is 0. The molecule has 0 aliphatic heterocycles. The van der Waals surface area contributed by atoms with Crippen LogP contribution in [0.3, 0.4) is 0 Å². The third-order valence-electron chi connectivity index (χ3n) is 4.21. The van der Waals surface area contributed by atoms with Gasteiger partial charge >= 0.3 is 0 Å². The van der Waals surface area contributed by atoms with Gasteiger partial charge in [-0.1, -0.05) is 26.2 Å². The Balaban J connectivity index is 2.71. The third-order valence-corrected chi connectivity index (χ3v) is 4.21. The number of ketones is 3. The Morgan fingerprint density at radius 1 is 1.13 bits per heavy atom. The first-order valence-electron chi connectivity index (χ1n) is 8.77. The zero-order valence-corrected chi connectivity index (χ0v) is 14.1. The molecule has 2 atom stereocenters. The van der Waals surface area contributed by atoms with E-state index in [0.29, 0.717) is 25.7 Å². The van der Waals surface area contributed by atoms with Crippen molar-refractivity contribution in [2.24, 2.45) is 5.92 Å². The Labute approximate surface area is 139 Å². The van der Waals surface area contributed by atoms with E-state index in [1.54, 1.807) is 0 Å². The molecule has 128 valence electrons. The van der Waals surface area contributed by atoms with Crippen molar-refractivity contribution in [3.8, 4) is 11.8 Å². The first kappa shape index (κ1) is 19.6. The first-order chi connectivity index (χ1) is 11.0. The van der Waals surface area contributed by atoms with Gasteiger partial charge in [0, 0.05) is 38.0 Å². The fraction of sp³-hybridized carbons (Fsp3) is 0.737. The zero-order chi connectivity index (χ0) is 17.1. The van der Waals surface area contributed by atoms with Crippen LogP contribution >= 0.6 is 0 Å². The predicted octanol–water partition coefficient (Wildman–Crippen LogP) is 3.00. The van der Waals surface area contributed by atoms with Crippen LogP contribution in [-0.4, -0.2) is 28.6 Å². The van der Waals surface area contributed by atoms with E-state index in [2.05, 4.69) is 18.8 Å². The lowest BCUT2D eigenvalue weighted by Crippen LogP contribution is -2.24. The van der Waals surface area contributed by atoms with Gasteiger partial charge < -0.3 is 5.11 Å². The molecule has 0 aromatic heterocycles. The molecule has 0 aromatic rings. The maximum atomic E-state index is 12.3. The molecule has 0 amide bonds. The highest BCUT2D eigenvalue weighted by Gasteiger charge is 2.24. The van der Waals surface area contributed by atoms with Crippen LogP contribution < -0.4 is 0 Å². The Hall–Kier alpha value is -1.47. The molecular formula is C19H28O4. The first-order valence-corrected chi connectivity index (χ1v) is 8.77. The van der Waals surface area contributed by atoms with Crippen molar-refractivity contribution >= 4 is 17.3 Å². The zero-order valence-electron chi connectivity index (χ0n) is 14.1. The summed E-state index contributed by atoms with van der Waals surface area (Å²) in [5.74, 6) is 4.70. The number of carbonyl (C=O) groups is 3. The van der Waals surface area contributed by atoms with Gasteiger partial charge in [0.05, 0.1) is 6.10 Å². The van der Waals surface area contributed by atoms with Gasteiger partial charge in [-0.15, -0.1) is 11.8 Å².